The quantitative estimate of drug-likeness (QED) is 0.888. The number of halogens is 3. The second-order valence-electron chi connectivity index (χ2n) is 3.30. The van der Waals surface area contributed by atoms with Crippen LogP contribution in [0.15, 0.2) is 6.20 Å². The van der Waals surface area contributed by atoms with E-state index in [0.717, 1.165) is 4.68 Å². The van der Waals surface area contributed by atoms with Crippen LogP contribution in [0.4, 0.5) is 13.2 Å². The molecule has 0 saturated heterocycles. The minimum absolute atomic E-state index is 0.0665. The lowest BCUT2D eigenvalue weighted by Crippen LogP contribution is -2.32. The van der Waals surface area contributed by atoms with E-state index in [0.29, 0.717) is 5.69 Å². The van der Waals surface area contributed by atoms with Gasteiger partial charge in [-0.05, 0) is 13.2 Å². The molecule has 0 amide bonds. The van der Waals surface area contributed by atoms with Crippen LogP contribution in [-0.4, -0.2) is 38.6 Å². The second kappa shape index (κ2) is 5.05. The average molecular weight is 255 g/mol. The summed E-state index contributed by atoms with van der Waals surface area (Å²) < 4.78 is 37.2. The maximum absolute atomic E-state index is 12.1. The summed E-state index contributed by atoms with van der Waals surface area (Å²) in [5.74, 6) is 0. The van der Waals surface area contributed by atoms with Crippen molar-refractivity contribution in [2.75, 3.05) is 6.26 Å². The van der Waals surface area contributed by atoms with Crippen molar-refractivity contribution < 1.29 is 18.3 Å². The first-order valence-electron chi connectivity index (χ1n) is 4.52. The molecular weight excluding hydrogens is 243 g/mol. The van der Waals surface area contributed by atoms with Crippen molar-refractivity contribution in [1.29, 1.82) is 0 Å². The predicted molar refractivity (Wildman–Crippen MR) is 54.0 cm³/mol. The summed E-state index contributed by atoms with van der Waals surface area (Å²) in [6, 6.07) is 0. The average Bonchev–Trinajstić information content (AvgIpc) is 2.63. The Morgan fingerprint density at radius 1 is 1.56 bits per heavy atom. The van der Waals surface area contributed by atoms with Gasteiger partial charge in [-0.2, -0.15) is 24.9 Å². The highest BCUT2D eigenvalue weighted by atomic mass is 32.2. The summed E-state index contributed by atoms with van der Waals surface area (Å²) in [6.07, 6.45) is -3.76. The Morgan fingerprint density at radius 3 is 2.69 bits per heavy atom. The molecule has 0 aromatic carbocycles. The highest BCUT2D eigenvalue weighted by Crippen LogP contribution is 2.24. The zero-order valence-corrected chi connectivity index (χ0v) is 9.59. The first-order chi connectivity index (χ1) is 7.34. The Hall–Kier alpha value is -0.760. The Bertz CT molecular complexity index is 342. The van der Waals surface area contributed by atoms with Crippen molar-refractivity contribution in [2.24, 2.45) is 0 Å². The Morgan fingerprint density at radius 2 is 2.19 bits per heavy atom. The molecule has 1 heterocycles. The monoisotopic (exact) mass is 255 g/mol. The van der Waals surface area contributed by atoms with Gasteiger partial charge in [0.05, 0.1) is 12.2 Å². The fourth-order valence-corrected chi connectivity index (χ4v) is 1.34. The maximum Gasteiger partial charge on any atom is 0.416 e. The normalized spacial score (nSPS) is 16.1. The molecular formula is C8H12F3N3OS. The lowest BCUT2D eigenvalue weighted by molar-refractivity contribution is -0.208. The SMILES string of the molecule is CSC(C)c1cn(CC(O)C(F)(F)F)nn1. The predicted octanol–water partition coefficient (Wildman–Crippen LogP) is 1.63. The number of alkyl halides is 3. The first-order valence-corrected chi connectivity index (χ1v) is 5.81. The molecule has 4 nitrogen and oxygen atoms in total. The minimum atomic E-state index is -4.63. The molecule has 2 atom stereocenters. The maximum atomic E-state index is 12.1. The molecule has 8 heteroatoms. The molecule has 1 rings (SSSR count). The van der Waals surface area contributed by atoms with E-state index in [1.54, 1.807) is 0 Å². The van der Waals surface area contributed by atoms with Gasteiger partial charge in [-0.25, -0.2) is 4.68 Å². The molecule has 1 N–H and O–H groups in total. The van der Waals surface area contributed by atoms with Gasteiger partial charge in [0, 0.05) is 11.4 Å². The highest BCUT2D eigenvalue weighted by molar-refractivity contribution is 7.98. The van der Waals surface area contributed by atoms with E-state index in [9.17, 15) is 13.2 Å². The summed E-state index contributed by atoms with van der Waals surface area (Å²) >= 11 is 1.52. The highest BCUT2D eigenvalue weighted by Gasteiger charge is 2.38. The molecule has 1 aromatic heterocycles. The number of nitrogens with zero attached hydrogens (tertiary/aromatic N) is 3. The van der Waals surface area contributed by atoms with Crippen molar-refractivity contribution >= 4 is 11.8 Å². The summed E-state index contributed by atoms with van der Waals surface area (Å²) in [6.45, 7) is 1.25. The van der Waals surface area contributed by atoms with Crippen LogP contribution in [0.25, 0.3) is 0 Å². The van der Waals surface area contributed by atoms with Gasteiger partial charge in [-0.1, -0.05) is 5.21 Å². The zero-order chi connectivity index (χ0) is 12.3. The number of thioether (sulfide) groups is 1. The molecule has 0 spiro atoms. The van der Waals surface area contributed by atoms with Crippen molar-refractivity contribution in [1.82, 2.24) is 15.0 Å². The third-order valence-electron chi connectivity index (χ3n) is 2.06. The van der Waals surface area contributed by atoms with Crippen molar-refractivity contribution in [2.45, 2.75) is 31.0 Å². The van der Waals surface area contributed by atoms with E-state index in [4.69, 9.17) is 5.11 Å². The molecule has 2 unspecified atom stereocenters. The lowest BCUT2D eigenvalue weighted by Gasteiger charge is -2.13. The Balaban J connectivity index is 2.66. The summed E-state index contributed by atoms with van der Waals surface area (Å²) in [7, 11) is 0. The summed E-state index contributed by atoms with van der Waals surface area (Å²) in [5.41, 5.74) is 0.599. The first kappa shape index (κ1) is 13.3. The number of rotatable bonds is 4. The molecule has 0 saturated carbocycles. The number of hydrogen-bond donors (Lipinski definition) is 1. The minimum Gasteiger partial charge on any atom is -0.382 e. The van der Waals surface area contributed by atoms with Gasteiger partial charge in [0.15, 0.2) is 6.10 Å². The molecule has 1 aromatic rings. The molecule has 92 valence electrons. The van der Waals surface area contributed by atoms with E-state index >= 15 is 0 Å². The van der Waals surface area contributed by atoms with E-state index in [1.807, 2.05) is 13.2 Å². The summed E-state index contributed by atoms with van der Waals surface area (Å²) in [4.78, 5) is 0. The Labute approximate surface area is 94.8 Å². The molecule has 0 aliphatic rings. The van der Waals surface area contributed by atoms with E-state index in [2.05, 4.69) is 10.3 Å². The van der Waals surface area contributed by atoms with Crippen LogP contribution in [0.1, 0.15) is 17.9 Å². The fourth-order valence-electron chi connectivity index (χ4n) is 0.990. The van der Waals surface area contributed by atoms with Crippen molar-refractivity contribution in [3.8, 4) is 0 Å². The Kier molecular flexibility index (Phi) is 4.20. The van der Waals surface area contributed by atoms with Gasteiger partial charge in [0.25, 0.3) is 0 Å². The van der Waals surface area contributed by atoms with Crippen LogP contribution in [0, 0.1) is 0 Å². The van der Waals surface area contributed by atoms with Crippen molar-refractivity contribution in [3.63, 3.8) is 0 Å². The molecule has 0 aliphatic heterocycles. The number of aliphatic hydroxyl groups excluding tert-OH is 1. The van der Waals surface area contributed by atoms with Crippen molar-refractivity contribution in [3.05, 3.63) is 11.9 Å². The lowest BCUT2D eigenvalue weighted by atomic mass is 10.3. The van der Waals surface area contributed by atoms with Crippen LogP contribution in [0.5, 0.6) is 0 Å². The zero-order valence-electron chi connectivity index (χ0n) is 8.77. The molecule has 0 aliphatic carbocycles. The van der Waals surface area contributed by atoms with Gasteiger partial charge in [0.1, 0.15) is 0 Å². The standard InChI is InChI=1S/C8H12F3N3OS/c1-5(16-2)6-3-14(13-12-6)4-7(15)8(9,10)11/h3,5,7,15H,4H2,1-2H3. The molecule has 0 radical (unpaired) electrons. The van der Waals surface area contributed by atoms with E-state index < -0.39 is 18.8 Å². The van der Waals surface area contributed by atoms with Gasteiger partial charge in [0.2, 0.25) is 0 Å². The fraction of sp³-hybridized carbons (Fsp3) is 0.750. The second-order valence-corrected chi connectivity index (χ2v) is 4.48. The van der Waals surface area contributed by atoms with E-state index in [1.165, 1.54) is 18.0 Å². The van der Waals surface area contributed by atoms with Gasteiger partial charge >= 0.3 is 6.18 Å². The topological polar surface area (TPSA) is 50.9 Å². The third kappa shape index (κ3) is 3.38. The number of aromatic nitrogens is 3. The smallest absolute Gasteiger partial charge is 0.382 e. The van der Waals surface area contributed by atoms with Gasteiger partial charge in [-0.15, -0.1) is 5.10 Å². The number of aliphatic hydroxyl groups is 1. The van der Waals surface area contributed by atoms with Crippen LogP contribution in [-0.2, 0) is 6.54 Å². The molecule has 0 bridgehead atoms. The molecule has 0 fully saturated rings. The van der Waals surface area contributed by atoms with Gasteiger partial charge < -0.3 is 5.11 Å². The summed E-state index contributed by atoms with van der Waals surface area (Å²) in [5, 5.41) is 16.2. The van der Waals surface area contributed by atoms with Crippen LogP contribution >= 0.6 is 11.8 Å². The van der Waals surface area contributed by atoms with Crippen LogP contribution < -0.4 is 0 Å². The van der Waals surface area contributed by atoms with Gasteiger partial charge in [-0.3, -0.25) is 0 Å². The van der Waals surface area contributed by atoms with Crippen LogP contribution in [0.2, 0.25) is 0 Å². The van der Waals surface area contributed by atoms with Crippen LogP contribution in [0.3, 0.4) is 0 Å². The third-order valence-corrected chi connectivity index (χ3v) is 3.01. The molecule has 16 heavy (non-hydrogen) atoms. The number of hydrogen-bond acceptors (Lipinski definition) is 4. The largest absolute Gasteiger partial charge is 0.416 e. The van der Waals surface area contributed by atoms with E-state index in [-0.39, 0.29) is 5.25 Å².